The highest BCUT2D eigenvalue weighted by Crippen LogP contribution is 2.36. The van der Waals surface area contributed by atoms with Crippen LogP contribution in [0.3, 0.4) is 0 Å². The number of nitrogens with one attached hydrogen (secondary N) is 2. The van der Waals surface area contributed by atoms with Crippen LogP contribution in [-0.2, 0) is 6.18 Å². The van der Waals surface area contributed by atoms with Crippen LogP contribution in [0.4, 0.5) is 24.7 Å². The Morgan fingerprint density at radius 3 is 2.38 bits per heavy atom. The molecule has 0 saturated heterocycles. The monoisotopic (exact) mass is 381 g/mol. The van der Waals surface area contributed by atoms with E-state index in [2.05, 4.69) is 20.3 Å². The summed E-state index contributed by atoms with van der Waals surface area (Å²) in [5.41, 5.74) is -0.783. The quantitative estimate of drug-likeness (QED) is 0.770. The molecule has 2 rings (SSSR count). The zero-order valence-electron chi connectivity index (χ0n) is 12.3. The smallest absolute Gasteiger partial charge is 0.436 e. The second-order valence-electron chi connectivity index (χ2n) is 4.34. The molecule has 0 radical (unpaired) electrons. The van der Waals surface area contributed by atoms with Gasteiger partial charge in [-0.05, 0) is 18.3 Å². The Kier molecular flexibility index (Phi) is 5.40. The highest BCUT2D eigenvalue weighted by Gasteiger charge is 2.35. The maximum Gasteiger partial charge on any atom is 0.436 e. The summed E-state index contributed by atoms with van der Waals surface area (Å²) in [6.45, 7) is 0. The van der Waals surface area contributed by atoms with E-state index in [1.54, 1.807) is 0 Å². The average Bonchev–Trinajstić information content (AvgIpc) is 2.96. The fraction of sp³-hybridized carbons (Fsp3) is 0.231. The predicted molar refractivity (Wildman–Crippen MR) is 85.9 cm³/mol. The third-order valence-corrected chi connectivity index (χ3v) is 3.26. The summed E-state index contributed by atoms with van der Waals surface area (Å²) in [5.74, 6) is 0.496. The lowest BCUT2D eigenvalue weighted by atomic mass is 10.2. The summed E-state index contributed by atoms with van der Waals surface area (Å²) in [6.07, 6.45) is -4.61. The highest BCUT2D eigenvalue weighted by molar-refractivity contribution is 7.80. The van der Waals surface area contributed by atoms with Gasteiger partial charge in [-0.3, -0.25) is 0 Å². The molecular weight excluding hydrogens is 371 g/mol. The maximum absolute atomic E-state index is 12.5. The van der Waals surface area contributed by atoms with Crippen LogP contribution in [0.1, 0.15) is 5.69 Å². The summed E-state index contributed by atoms with van der Waals surface area (Å²) < 4.78 is 52.1. The number of ether oxygens (including phenoxy) is 2. The Bertz CT molecular complexity index is 752. The number of hydrogen-bond acceptors (Lipinski definition) is 5. The number of hydrogen-bond donors (Lipinski definition) is 2. The molecule has 0 fully saturated rings. The van der Waals surface area contributed by atoms with Crippen LogP contribution in [0.15, 0.2) is 22.7 Å². The Hall–Kier alpha value is -2.20. The third kappa shape index (κ3) is 4.20. The van der Waals surface area contributed by atoms with Gasteiger partial charge in [-0.15, -0.1) is 0 Å². The van der Waals surface area contributed by atoms with E-state index >= 15 is 0 Å². The van der Waals surface area contributed by atoms with E-state index in [4.69, 9.17) is 33.3 Å². The number of aromatic nitrogens is 1. The van der Waals surface area contributed by atoms with Crippen molar-refractivity contribution in [1.82, 2.24) is 5.16 Å². The SMILES string of the molecule is COc1cc(OC)c(NC(=S)Nc2cc(C(F)(F)F)no2)cc1Cl. The Morgan fingerprint density at radius 2 is 1.83 bits per heavy atom. The fourth-order valence-corrected chi connectivity index (χ4v) is 2.14. The Balaban J connectivity index is 2.12. The van der Waals surface area contributed by atoms with Gasteiger partial charge in [-0.25, -0.2) is 0 Å². The molecule has 11 heteroatoms. The molecule has 0 unspecified atom stereocenters. The van der Waals surface area contributed by atoms with Crippen molar-refractivity contribution in [2.75, 3.05) is 24.9 Å². The molecule has 1 aromatic heterocycles. The van der Waals surface area contributed by atoms with Crippen LogP contribution in [0.2, 0.25) is 5.02 Å². The Labute approximate surface area is 144 Å². The average molecular weight is 382 g/mol. The minimum atomic E-state index is -4.61. The van der Waals surface area contributed by atoms with E-state index in [1.165, 1.54) is 26.4 Å². The second kappa shape index (κ2) is 7.14. The lowest BCUT2D eigenvalue weighted by Gasteiger charge is -2.14. The minimum Gasteiger partial charge on any atom is -0.495 e. The molecule has 130 valence electrons. The molecule has 0 atom stereocenters. The maximum atomic E-state index is 12.5. The predicted octanol–water partition coefficient (Wildman–Crippen LogP) is 4.17. The number of benzene rings is 1. The Morgan fingerprint density at radius 1 is 1.17 bits per heavy atom. The van der Waals surface area contributed by atoms with Crippen LogP contribution in [0.25, 0.3) is 0 Å². The van der Waals surface area contributed by atoms with Gasteiger partial charge in [0, 0.05) is 12.1 Å². The summed E-state index contributed by atoms with van der Waals surface area (Å²) >= 11 is 11.0. The number of methoxy groups -OCH3 is 2. The van der Waals surface area contributed by atoms with Crippen LogP contribution in [0, 0.1) is 0 Å². The van der Waals surface area contributed by atoms with E-state index in [1.807, 2.05) is 0 Å². The first-order valence-corrected chi connectivity index (χ1v) is 7.06. The second-order valence-corrected chi connectivity index (χ2v) is 5.16. The molecule has 0 aliphatic carbocycles. The molecule has 1 aromatic carbocycles. The first-order chi connectivity index (χ1) is 11.2. The number of nitrogens with zero attached hydrogens (tertiary/aromatic N) is 1. The van der Waals surface area contributed by atoms with E-state index in [0.717, 1.165) is 0 Å². The van der Waals surface area contributed by atoms with E-state index in [9.17, 15) is 13.2 Å². The number of rotatable bonds is 4. The van der Waals surface area contributed by atoms with Crippen molar-refractivity contribution in [1.29, 1.82) is 0 Å². The summed E-state index contributed by atoms with van der Waals surface area (Å²) in [5, 5.41) is 8.34. The fourth-order valence-electron chi connectivity index (χ4n) is 1.69. The van der Waals surface area contributed by atoms with Crippen molar-refractivity contribution in [2.45, 2.75) is 6.18 Å². The lowest BCUT2D eigenvalue weighted by molar-refractivity contribution is -0.142. The van der Waals surface area contributed by atoms with Crippen LogP contribution in [0.5, 0.6) is 11.5 Å². The molecule has 2 aromatic rings. The first kappa shape index (κ1) is 18.1. The van der Waals surface area contributed by atoms with Crippen molar-refractivity contribution < 1.29 is 27.2 Å². The molecule has 1 heterocycles. The largest absolute Gasteiger partial charge is 0.495 e. The molecule has 24 heavy (non-hydrogen) atoms. The van der Waals surface area contributed by atoms with Crippen molar-refractivity contribution >= 4 is 40.5 Å². The number of alkyl halides is 3. The molecule has 0 bridgehead atoms. The lowest BCUT2D eigenvalue weighted by Crippen LogP contribution is -2.19. The van der Waals surface area contributed by atoms with Gasteiger partial charge in [-0.2, -0.15) is 13.2 Å². The van der Waals surface area contributed by atoms with Gasteiger partial charge in [0.05, 0.1) is 24.9 Å². The van der Waals surface area contributed by atoms with E-state index < -0.39 is 11.9 Å². The van der Waals surface area contributed by atoms with Gasteiger partial charge in [0.25, 0.3) is 0 Å². The number of anilines is 2. The van der Waals surface area contributed by atoms with Gasteiger partial charge in [-0.1, -0.05) is 16.8 Å². The van der Waals surface area contributed by atoms with Crippen molar-refractivity contribution in [3.05, 3.63) is 28.9 Å². The molecule has 0 amide bonds. The molecule has 6 nitrogen and oxygen atoms in total. The van der Waals surface area contributed by atoms with Gasteiger partial charge < -0.3 is 24.6 Å². The van der Waals surface area contributed by atoms with Crippen molar-refractivity contribution in [3.63, 3.8) is 0 Å². The topological polar surface area (TPSA) is 68.6 Å². The highest BCUT2D eigenvalue weighted by atomic mass is 35.5. The number of halogens is 4. The summed E-state index contributed by atoms with van der Waals surface area (Å²) in [4.78, 5) is 0. The standard InChI is InChI=1S/C13H11ClF3N3O3S/c1-21-8-4-9(22-2)7(3-6(8)14)18-12(24)19-11-5-10(20-23-11)13(15,16)17/h3-5H,1-2H3,(H2,18,19,24). The molecule has 2 N–H and O–H groups in total. The number of thiocarbonyl (C=S) groups is 1. The molecular formula is C13H11ClF3N3O3S. The van der Waals surface area contributed by atoms with E-state index in [0.29, 0.717) is 28.3 Å². The van der Waals surface area contributed by atoms with Crippen LogP contribution >= 0.6 is 23.8 Å². The molecule has 0 aliphatic heterocycles. The van der Waals surface area contributed by atoms with Crippen molar-refractivity contribution in [3.8, 4) is 11.5 Å². The summed E-state index contributed by atoms with van der Waals surface area (Å²) in [7, 11) is 2.87. The van der Waals surface area contributed by atoms with Crippen LogP contribution < -0.4 is 20.1 Å². The molecule has 0 aliphatic rings. The van der Waals surface area contributed by atoms with E-state index in [-0.39, 0.29) is 11.0 Å². The third-order valence-electron chi connectivity index (χ3n) is 2.76. The zero-order chi connectivity index (χ0) is 17.9. The van der Waals surface area contributed by atoms with Gasteiger partial charge in [0.1, 0.15) is 11.5 Å². The minimum absolute atomic E-state index is 0.0422. The zero-order valence-corrected chi connectivity index (χ0v) is 13.9. The molecule has 0 spiro atoms. The van der Waals surface area contributed by atoms with Crippen molar-refractivity contribution in [2.24, 2.45) is 0 Å². The molecule has 0 saturated carbocycles. The van der Waals surface area contributed by atoms with Crippen LogP contribution in [-0.4, -0.2) is 24.5 Å². The van der Waals surface area contributed by atoms with Gasteiger partial charge in [0.15, 0.2) is 10.8 Å². The van der Waals surface area contributed by atoms with Gasteiger partial charge >= 0.3 is 6.18 Å². The normalized spacial score (nSPS) is 11.1. The first-order valence-electron chi connectivity index (χ1n) is 6.28. The van der Waals surface area contributed by atoms with Gasteiger partial charge in [0.2, 0.25) is 5.88 Å². The summed E-state index contributed by atoms with van der Waals surface area (Å²) in [6, 6.07) is 3.71.